The SMILES string of the molecule is CC(NCCC1CCCCC1)c1ccccc1Br. The molecule has 2 rings (SSSR count). The van der Waals surface area contributed by atoms with Gasteiger partial charge in [0.25, 0.3) is 0 Å². The molecule has 0 aromatic heterocycles. The Bertz CT molecular complexity index is 358. The minimum atomic E-state index is 0.434. The van der Waals surface area contributed by atoms with Crippen molar-refractivity contribution in [3.05, 3.63) is 34.3 Å². The van der Waals surface area contributed by atoms with Crippen LogP contribution in [0, 0.1) is 5.92 Å². The summed E-state index contributed by atoms with van der Waals surface area (Å²) in [5.41, 5.74) is 1.36. The van der Waals surface area contributed by atoms with E-state index in [-0.39, 0.29) is 0 Å². The van der Waals surface area contributed by atoms with Crippen molar-refractivity contribution in [3.8, 4) is 0 Å². The van der Waals surface area contributed by atoms with Crippen molar-refractivity contribution in [1.29, 1.82) is 0 Å². The number of halogens is 1. The van der Waals surface area contributed by atoms with E-state index in [1.807, 2.05) is 0 Å². The Hall–Kier alpha value is -0.340. The zero-order valence-corrected chi connectivity index (χ0v) is 12.9. The summed E-state index contributed by atoms with van der Waals surface area (Å²) in [6, 6.07) is 8.93. The fraction of sp³-hybridized carbons (Fsp3) is 0.625. The van der Waals surface area contributed by atoms with Gasteiger partial charge >= 0.3 is 0 Å². The molecule has 1 aliphatic rings. The van der Waals surface area contributed by atoms with Crippen LogP contribution in [-0.4, -0.2) is 6.54 Å². The zero-order valence-electron chi connectivity index (χ0n) is 11.3. The smallest absolute Gasteiger partial charge is 0.0302 e. The summed E-state index contributed by atoms with van der Waals surface area (Å²) >= 11 is 3.63. The van der Waals surface area contributed by atoms with E-state index in [1.165, 1.54) is 48.6 Å². The van der Waals surface area contributed by atoms with Crippen LogP contribution in [0.1, 0.15) is 57.1 Å². The molecule has 0 bridgehead atoms. The summed E-state index contributed by atoms with van der Waals surface area (Å²) < 4.78 is 1.21. The highest BCUT2D eigenvalue weighted by molar-refractivity contribution is 9.10. The quantitative estimate of drug-likeness (QED) is 0.800. The van der Waals surface area contributed by atoms with E-state index in [4.69, 9.17) is 0 Å². The third-order valence-electron chi connectivity index (χ3n) is 4.10. The minimum absolute atomic E-state index is 0.434. The minimum Gasteiger partial charge on any atom is -0.310 e. The van der Waals surface area contributed by atoms with Crippen LogP contribution in [-0.2, 0) is 0 Å². The van der Waals surface area contributed by atoms with Crippen LogP contribution in [0.3, 0.4) is 0 Å². The monoisotopic (exact) mass is 309 g/mol. The van der Waals surface area contributed by atoms with E-state index in [2.05, 4.69) is 52.4 Å². The highest BCUT2D eigenvalue weighted by Crippen LogP contribution is 2.27. The maximum atomic E-state index is 3.66. The Balaban J connectivity index is 1.74. The zero-order chi connectivity index (χ0) is 12.8. The van der Waals surface area contributed by atoms with E-state index >= 15 is 0 Å². The van der Waals surface area contributed by atoms with Gasteiger partial charge in [-0.05, 0) is 37.4 Å². The molecular formula is C16H24BrN. The predicted octanol–water partition coefficient (Wildman–Crippen LogP) is 5.07. The van der Waals surface area contributed by atoms with Gasteiger partial charge in [-0.2, -0.15) is 0 Å². The fourth-order valence-electron chi connectivity index (χ4n) is 2.92. The van der Waals surface area contributed by atoms with Gasteiger partial charge in [0.1, 0.15) is 0 Å². The van der Waals surface area contributed by atoms with Gasteiger partial charge in [-0.3, -0.25) is 0 Å². The second kappa shape index (κ2) is 7.30. The predicted molar refractivity (Wildman–Crippen MR) is 81.8 cm³/mol. The van der Waals surface area contributed by atoms with Gasteiger partial charge in [-0.15, -0.1) is 0 Å². The van der Waals surface area contributed by atoms with Gasteiger partial charge < -0.3 is 5.32 Å². The first-order chi connectivity index (χ1) is 8.77. The van der Waals surface area contributed by atoms with E-state index < -0.39 is 0 Å². The average Bonchev–Trinajstić information content (AvgIpc) is 2.40. The molecule has 1 fully saturated rings. The molecule has 0 aliphatic heterocycles. The molecular weight excluding hydrogens is 286 g/mol. The third kappa shape index (κ3) is 4.10. The summed E-state index contributed by atoms with van der Waals surface area (Å²) in [7, 11) is 0. The Morgan fingerprint density at radius 1 is 1.22 bits per heavy atom. The molecule has 0 saturated heterocycles. The summed E-state index contributed by atoms with van der Waals surface area (Å²) in [6.07, 6.45) is 8.59. The number of hydrogen-bond donors (Lipinski definition) is 1. The fourth-order valence-corrected chi connectivity index (χ4v) is 3.54. The van der Waals surface area contributed by atoms with Crippen LogP contribution < -0.4 is 5.32 Å². The first kappa shape index (κ1) is 14.1. The van der Waals surface area contributed by atoms with Crippen LogP contribution in [0.2, 0.25) is 0 Å². The molecule has 1 aromatic carbocycles. The lowest BCUT2D eigenvalue weighted by Gasteiger charge is -2.23. The van der Waals surface area contributed by atoms with Crippen molar-refractivity contribution in [2.75, 3.05) is 6.54 Å². The van der Waals surface area contributed by atoms with Crippen LogP contribution >= 0.6 is 15.9 Å². The molecule has 1 nitrogen and oxygen atoms in total. The molecule has 0 radical (unpaired) electrons. The standard InChI is InChI=1S/C16H24BrN/c1-13(15-9-5-6-10-16(15)17)18-12-11-14-7-3-2-4-8-14/h5-6,9-10,13-14,18H,2-4,7-8,11-12H2,1H3. The number of hydrogen-bond acceptors (Lipinski definition) is 1. The average molecular weight is 310 g/mol. The maximum absolute atomic E-state index is 3.66. The Labute approximate surface area is 119 Å². The maximum Gasteiger partial charge on any atom is 0.0302 e. The van der Waals surface area contributed by atoms with Crippen molar-refractivity contribution >= 4 is 15.9 Å². The van der Waals surface area contributed by atoms with Crippen LogP contribution in [0.4, 0.5) is 0 Å². The molecule has 2 heteroatoms. The van der Waals surface area contributed by atoms with Crippen molar-refractivity contribution in [1.82, 2.24) is 5.32 Å². The first-order valence-electron chi connectivity index (χ1n) is 7.25. The van der Waals surface area contributed by atoms with Crippen LogP contribution in [0.5, 0.6) is 0 Å². The number of rotatable bonds is 5. The lowest BCUT2D eigenvalue weighted by molar-refractivity contribution is 0.329. The van der Waals surface area contributed by atoms with Gasteiger partial charge in [0.15, 0.2) is 0 Å². The summed E-state index contributed by atoms with van der Waals surface area (Å²) in [5, 5.41) is 3.66. The molecule has 0 spiro atoms. The Morgan fingerprint density at radius 3 is 2.67 bits per heavy atom. The van der Waals surface area contributed by atoms with E-state index in [9.17, 15) is 0 Å². The number of nitrogens with one attached hydrogen (secondary N) is 1. The lowest BCUT2D eigenvalue weighted by atomic mass is 9.87. The van der Waals surface area contributed by atoms with Gasteiger partial charge in [-0.1, -0.05) is 66.2 Å². The molecule has 1 unspecified atom stereocenters. The van der Waals surface area contributed by atoms with Crippen LogP contribution in [0.25, 0.3) is 0 Å². The third-order valence-corrected chi connectivity index (χ3v) is 4.82. The largest absolute Gasteiger partial charge is 0.310 e. The van der Waals surface area contributed by atoms with Crippen LogP contribution in [0.15, 0.2) is 28.7 Å². The van der Waals surface area contributed by atoms with Crippen molar-refractivity contribution in [3.63, 3.8) is 0 Å². The van der Waals surface area contributed by atoms with E-state index in [1.54, 1.807) is 0 Å². The molecule has 1 atom stereocenters. The molecule has 100 valence electrons. The van der Waals surface area contributed by atoms with Gasteiger partial charge in [0.2, 0.25) is 0 Å². The summed E-state index contributed by atoms with van der Waals surface area (Å²) in [4.78, 5) is 0. The van der Waals surface area contributed by atoms with E-state index in [0.29, 0.717) is 6.04 Å². The van der Waals surface area contributed by atoms with E-state index in [0.717, 1.165) is 12.5 Å². The Kier molecular flexibility index (Phi) is 5.71. The molecule has 1 aromatic rings. The second-order valence-corrected chi connectivity index (χ2v) is 6.34. The molecule has 0 amide bonds. The molecule has 0 heterocycles. The van der Waals surface area contributed by atoms with Gasteiger partial charge in [-0.25, -0.2) is 0 Å². The summed E-state index contributed by atoms with van der Waals surface area (Å²) in [5.74, 6) is 0.970. The summed E-state index contributed by atoms with van der Waals surface area (Å²) in [6.45, 7) is 3.40. The van der Waals surface area contributed by atoms with Gasteiger partial charge in [0, 0.05) is 10.5 Å². The molecule has 18 heavy (non-hydrogen) atoms. The van der Waals surface area contributed by atoms with Crippen molar-refractivity contribution in [2.24, 2.45) is 5.92 Å². The van der Waals surface area contributed by atoms with Crippen molar-refractivity contribution in [2.45, 2.75) is 51.5 Å². The Morgan fingerprint density at radius 2 is 1.94 bits per heavy atom. The highest BCUT2D eigenvalue weighted by atomic mass is 79.9. The topological polar surface area (TPSA) is 12.0 Å². The molecule has 1 aliphatic carbocycles. The lowest BCUT2D eigenvalue weighted by Crippen LogP contribution is -2.22. The highest BCUT2D eigenvalue weighted by Gasteiger charge is 2.14. The van der Waals surface area contributed by atoms with Gasteiger partial charge in [0.05, 0.1) is 0 Å². The normalized spacial score (nSPS) is 18.8. The second-order valence-electron chi connectivity index (χ2n) is 5.49. The molecule has 1 N–H and O–H groups in total. The first-order valence-corrected chi connectivity index (χ1v) is 8.04. The number of benzene rings is 1. The van der Waals surface area contributed by atoms with Crippen molar-refractivity contribution < 1.29 is 0 Å². The molecule has 1 saturated carbocycles.